The number of piperazine rings is 1. The summed E-state index contributed by atoms with van der Waals surface area (Å²) in [5, 5.41) is 2.82. The van der Waals surface area contributed by atoms with Crippen LogP contribution in [-0.4, -0.2) is 53.9 Å². The molecule has 1 fully saturated rings. The number of carbonyl (C=O) groups excluding carboxylic acids is 2. The molecule has 132 valence electrons. The van der Waals surface area contributed by atoms with Crippen molar-refractivity contribution in [1.29, 1.82) is 0 Å². The zero-order valence-corrected chi connectivity index (χ0v) is 15.1. The van der Waals surface area contributed by atoms with Crippen LogP contribution in [0.25, 0.3) is 0 Å². The molecule has 0 radical (unpaired) electrons. The third kappa shape index (κ3) is 5.22. The van der Waals surface area contributed by atoms with Crippen molar-refractivity contribution in [2.45, 2.75) is 40.2 Å². The predicted octanol–water partition coefficient (Wildman–Crippen LogP) is 1.67. The first-order valence-corrected chi connectivity index (χ1v) is 8.50. The maximum atomic E-state index is 12.5. The highest BCUT2D eigenvalue weighted by molar-refractivity contribution is 5.87. The summed E-state index contributed by atoms with van der Waals surface area (Å²) in [4.78, 5) is 32.9. The highest BCUT2D eigenvalue weighted by atomic mass is 16.2. The molecular weight excluding hydrogens is 304 g/mol. The number of pyridine rings is 1. The molecule has 1 saturated heterocycles. The number of anilines is 1. The molecule has 0 saturated carbocycles. The van der Waals surface area contributed by atoms with E-state index in [-0.39, 0.29) is 17.2 Å². The Balaban J connectivity index is 1.82. The monoisotopic (exact) mass is 332 g/mol. The van der Waals surface area contributed by atoms with E-state index in [2.05, 4.69) is 15.2 Å². The average Bonchev–Trinajstić information content (AvgIpc) is 2.53. The van der Waals surface area contributed by atoms with Crippen LogP contribution in [0.15, 0.2) is 24.4 Å². The van der Waals surface area contributed by atoms with E-state index in [1.807, 2.05) is 43.9 Å². The van der Waals surface area contributed by atoms with Crippen molar-refractivity contribution in [1.82, 2.24) is 15.2 Å². The van der Waals surface area contributed by atoms with E-state index in [9.17, 15) is 9.59 Å². The highest BCUT2D eigenvalue weighted by Crippen LogP contribution is 2.18. The van der Waals surface area contributed by atoms with E-state index in [1.54, 1.807) is 13.1 Å². The minimum Gasteiger partial charge on any atom is -0.353 e. The first-order chi connectivity index (χ1) is 11.3. The Kier molecular flexibility index (Phi) is 5.80. The van der Waals surface area contributed by atoms with Crippen LogP contribution in [0.1, 0.15) is 34.1 Å². The molecule has 1 N–H and O–H groups in total. The highest BCUT2D eigenvalue weighted by Gasteiger charge is 2.27. The van der Waals surface area contributed by atoms with Gasteiger partial charge in [-0.15, -0.1) is 0 Å². The zero-order valence-electron chi connectivity index (χ0n) is 15.1. The molecule has 2 amide bonds. The van der Waals surface area contributed by atoms with Gasteiger partial charge in [-0.3, -0.25) is 9.59 Å². The summed E-state index contributed by atoms with van der Waals surface area (Å²) in [6.07, 6.45) is 2.19. The van der Waals surface area contributed by atoms with Crippen molar-refractivity contribution in [2.24, 2.45) is 5.41 Å². The molecule has 0 aromatic carbocycles. The molecule has 0 spiro atoms. The Morgan fingerprint density at radius 1 is 1.21 bits per heavy atom. The van der Waals surface area contributed by atoms with Gasteiger partial charge in [0.15, 0.2) is 0 Å². The molecule has 1 aromatic heterocycles. The van der Waals surface area contributed by atoms with Crippen molar-refractivity contribution >= 4 is 17.6 Å². The van der Waals surface area contributed by atoms with Gasteiger partial charge in [0.25, 0.3) is 0 Å². The Morgan fingerprint density at radius 3 is 2.42 bits per heavy atom. The summed E-state index contributed by atoms with van der Waals surface area (Å²) in [5.41, 5.74) is -0.0822. The van der Waals surface area contributed by atoms with E-state index in [0.29, 0.717) is 19.5 Å². The molecule has 0 bridgehead atoms. The predicted molar refractivity (Wildman–Crippen MR) is 94.7 cm³/mol. The standard InChI is InChI=1S/C18H28N4O2/c1-14(20-16(23)13-18(2,3)4)17(24)22-11-9-21(10-12-22)15-7-5-6-8-19-15/h5-8,14H,9-13H2,1-4H3,(H,20,23). The van der Waals surface area contributed by atoms with Gasteiger partial charge in [0.2, 0.25) is 11.8 Å². The van der Waals surface area contributed by atoms with Crippen LogP contribution in [0.3, 0.4) is 0 Å². The molecule has 2 rings (SSSR count). The number of nitrogens with one attached hydrogen (secondary N) is 1. The van der Waals surface area contributed by atoms with Gasteiger partial charge in [0, 0.05) is 38.8 Å². The second-order valence-electron chi connectivity index (χ2n) is 7.53. The largest absolute Gasteiger partial charge is 0.353 e. The minimum absolute atomic E-state index is 0.0158. The third-order valence-corrected chi connectivity index (χ3v) is 4.00. The summed E-state index contributed by atoms with van der Waals surface area (Å²) in [7, 11) is 0. The first kappa shape index (κ1) is 18.2. The fourth-order valence-electron chi connectivity index (χ4n) is 2.81. The second kappa shape index (κ2) is 7.64. The number of aromatic nitrogens is 1. The van der Waals surface area contributed by atoms with Crippen LogP contribution in [0.5, 0.6) is 0 Å². The number of hydrogen-bond acceptors (Lipinski definition) is 4. The van der Waals surface area contributed by atoms with Gasteiger partial charge in [-0.05, 0) is 24.5 Å². The van der Waals surface area contributed by atoms with E-state index in [0.717, 1.165) is 18.9 Å². The minimum atomic E-state index is -0.485. The molecule has 2 heterocycles. The lowest BCUT2D eigenvalue weighted by Crippen LogP contribution is -2.54. The topological polar surface area (TPSA) is 65.5 Å². The molecule has 1 unspecified atom stereocenters. The molecule has 6 heteroatoms. The van der Waals surface area contributed by atoms with Gasteiger partial charge in [0.05, 0.1) is 0 Å². The van der Waals surface area contributed by atoms with Crippen LogP contribution in [0, 0.1) is 5.41 Å². The van der Waals surface area contributed by atoms with Gasteiger partial charge in [-0.25, -0.2) is 4.98 Å². The van der Waals surface area contributed by atoms with Crippen molar-refractivity contribution in [3.8, 4) is 0 Å². The molecule has 0 aliphatic carbocycles. The van der Waals surface area contributed by atoms with Crippen molar-refractivity contribution in [2.75, 3.05) is 31.1 Å². The third-order valence-electron chi connectivity index (χ3n) is 4.00. The number of nitrogens with zero attached hydrogens (tertiary/aromatic N) is 3. The van der Waals surface area contributed by atoms with E-state index in [4.69, 9.17) is 0 Å². The Bertz CT molecular complexity index is 560. The lowest BCUT2D eigenvalue weighted by molar-refractivity contribution is -0.136. The van der Waals surface area contributed by atoms with Crippen molar-refractivity contribution in [3.63, 3.8) is 0 Å². The summed E-state index contributed by atoms with van der Waals surface area (Å²) >= 11 is 0. The van der Waals surface area contributed by atoms with Crippen LogP contribution >= 0.6 is 0 Å². The molecule has 24 heavy (non-hydrogen) atoms. The Hall–Kier alpha value is -2.11. The lowest BCUT2D eigenvalue weighted by atomic mass is 9.92. The summed E-state index contributed by atoms with van der Waals surface area (Å²) < 4.78 is 0. The fraction of sp³-hybridized carbons (Fsp3) is 0.611. The van der Waals surface area contributed by atoms with Crippen molar-refractivity contribution < 1.29 is 9.59 Å². The van der Waals surface area contributed by atoms with Gasteiger partial charge in [-0.2, -0.15) is 0 Å². The maximum absolute atomic E-state index is 12.5. The van der Waals surface area contributed by atoms with Crippen LogP contribution in [0.4, 0.5) is 5.82 Å². The van der Waals surface area contributed by atoms with Crippen LogP contribution in [0.2, 0.25) is 0 Å². The average molecular weight is 332 g/mol. The van der Waals surface area contributed by atoms with E-state index in [1.165, 1.54) is 0 Å². The van der Waals surface area contributed by atoms with Crippen LogP contribution in [-0.2, 0) is 9.59 Å². The smallest absolute Gasteiger partial charge is 0.244 e. The SMILES string of the molecule is CC(NC(=O)CC(C)(C)C)C(=O)N1CCN(c2ccccn2)CC1. The Morgan fingerprint density at radius 2 is 1.88 bits per heavy atom. The summed E-state index contributed by atoms with van der Waals surface area (Å²) in [6.45, 7) is 10.6. The molecule has 6 nitrogen and oxygen atoms in total. The molecule has 1 aliphatic heterocycles. The normalized spacial score (nSPS) is 16.7. The summed E-state index contributed by atoms with van der Waals surface area (Å²) in [5.74, 6) is 0.851. The van der Waals surface area contributed by atoms with E-state index < -0.39 is 6.04 Å². The van der Waals surface area contributed by atoms with Gasteiger partial charge < -0.3 is 15.1 Å². The first-order valence-electron chi connectivity index (χ1n) is 8.50. The zero-order chi connectivity index (χ0) is 17.7. The molecule has 1 aliphatic rings. The van der Waals surface area contributed by atoms with E-state index >= 15 is 0 Å². The molecule has 1 aromatic rings. The quantitative estimate of drug-likeness (QED) is 0.911. The fourth-order valence-corrected chi connectivity index (χ4v) is 2.81. The maximum Gasteiger partial charge on any atom is 0.244 e. The number of amides is 2. The summed E-state index contributed by atoms with van der Waals surface area (Å²) in [6, 6.07) is 5.35. The molecular formula is C18H28N4O2. The second-order valence-corrected chi connectivity index (χ2v) is 7.53. The Labute approximate surface area is 144 Å². The number of rotatable bonds is 4. The van der Waals surface area contributed by atoms with Gasteiger partial charge >= 0.3 is 0 Å². The lowest BCUT2D eigenvalue weighted by Gasteiger charge is -2.36. The van der Waals surface area contributed by atoms with Gasteiger partial charge in [0.1, 0.15) is 11.9 Å². The molecule has 1 atom stereocenters. The number of carbonyl (C=O) groups is 2. The van der Waals surface area contributed by atoms with Crippen molar-refractivity contribution in [3.05, 3.63) is 24.4 Å². The van der Waals surface area contributed by atoms with Gasteiger partial charge in [-0.1, -0.05) is 26.8 Å². The number of hydrogen-bond donors (Lipinski definition) is 1. The van der Waals surface area contributed by atoms with Crippen LogP contribution < -0.4 is 10.2 Å².